The Bertz CT molecular complexity index is 1680. The first-order valence-electron chi connectivity index (χ1n) is 14.0. The highest BCUT2D eigenvalue weighted by molar-refractivity contribution is 5.87. The molecule has 3 aromatic heterocycles. The number of anilines is 1. The maximum atomic E-state index is 11.9. The summed E-state index contributed by atoms with van der Waals surface area (Å²) in [6, 6.07) is 26.8. The maximum Gasteiger partial charge on any atom is 0.243 e. The van der Waals surface area contributed by atoms with Gasteiger partial charge in [0.1, 0.15) is 11.3 Å². The quantitative estimate of drug-likeness (QED) is 0.267. The molecular formula is C33H33N7O. The number of carbonyl (C=O) groups excluding carboxylic acids is 1. The number of nitrogens with zero attached hydrogens (tertiary/aromatic N) is 5. The number of nitrogens with one attached hydrogen (secondary N) is 1. The number of likely N-dealkylation sites (tertiary alicyclic amines) is 1. The van der Waals surface area contributed by atoms with Crippen LogP contribution in [0.3, 0.4) is 0 Å². The molecule has 0 radical (unpaired) electrons. The van der Waals surface area contributed by atoms with E-state index in [-0.39, 0.29) is 11.9 Å². The fraction of sp³-hybridized carbons (Fsp3) is 0.212. The van der Waals surface area contributed by atoms with Crippen molar-refractivity contribution >= 4 is 22.9 Å². The summed E-state index contributed by atoms with van der Waals surface area (Å²) >= 11 is 0. The topological polar surface area (TPSA) is 102 Å². The first-order chi connectivity index (χ1) is 20.1. The van der Waals surface area contributed by atoms with E-state index in [0.29, 0.717) is 11.6 Å². The van der Waals surface area contributed by atoms with Gasteiger partial charge in [0, 0.05) is 43.1 Å². The second-order valence-electron chi connectivity index (χ2n) is 10.3. The molecule has 8 nitrogen and oxygen atoms in total. The number of amides is 1. The predicted octanol–water partition coefficient (Wildman–Crippen LogP) is 5.39. The Balaban J connectivity index is 1.29. The van der Waals surface area contributed by atoms with Crippen LogP contribution < -0.4 is 11.1 Å². The maximum absolute atomic E-state index is 11.9. The molecule has 0 saturated carbocycles. The van der Waals surface area contributed by atoms with Gasteiger partial charge in [0.25, 0.3) is 0 Å². The van der Waals surface area contributed by atoms with E-state index in [9.17, 15) is 4.79 Å². The highest BCUT2D eigenvalue weighted by Crippen LogP contribution is 2.32. The molecular weight excluding hydrogens is 510 g/mol. The summed E-state index contributed by atoms with van der Waals surface area (Å²) in [5, 5.41) is 3.10. The smallest absolute Gasteiger partial charge is 0.243 e. The second-order valence-corrected chi connectivity index (χ2v) is 10.3. The minimum absolute atomic E-state index is 0.00801. The summed E-state index contributed by atoms with van der Waals surface area (Å²) in [5.74, 6) is 1.12. The van der Waals surface area contributed by atoms with Gasteiger partial charge in [0.15, 0.2) is 11.5 Å². The van der Waals surface area contributed by atoms with Crippen molar-refractivity contribution in [2.45, 2.75) is 32.4 Å². The Labute approximate surface area is 239 Å². The van der Waals surface area contributed by atoms with Crippen molar-refractivity contribution in [3.63, 3.8) is 0 Å². The Morgan fingerprint density at radius 3 is 2.49 bits per heavy atom. The molecule has 0 atom stereocenters. The van der Waals surface area contributed by atoms with E-state index in [2.05, 4.69) is 56.2 Å². The van der Waals surface area contributed by atoms with Crippen molar-refractivity contribution in [3.8, 4) is 28.3 Å². The van der Waals surface area contributed by atoms with Crippen LogP contribution in [-0.4, -0.2) is 49.5 Å². The predicted molar refractivity (Wildman–Crippen MR) is 163 cm³/mol. The van der Waals surface area contributed by atoms with Crippen LogP contribution in [0.15, 0.2) is 97.2 Å². The SMILES string of the molecule is C/C=C/C(=O)NC1CCN(Cc2ccc(-n3c(-c4cccnc4N)nc4ccc(-c5ccccc5)nc43)cc2)CC1. The normalized spacial score (nSPS) is 14.6. The molecule has 1 saturated heterocycles. The molecule has 4 heterocycles. The van der Waals surface area contributed by atoms with Crippen molar-refractivity contribution in [1.29, 1.82) is 0 Å². The molecule has 8 heteroatoms. The van der Waals surface area contributed by atoms with E-state index in [1.807, 2.05) is 49.4 Å². The number of nitrogens with two attached hydrogens (primary N) is 1. The monoisotopic (exact) mass is 543 g/mol. The van der Waals surface area contributed by atoms with Crippen molar-refractivity contribution in [1.82, 2.24) is 29.7 Å². The lowest BCUT2D eigenvalue weighted by Crippen LogP contribution is -2.43. The zero-order chi connectivity index (χ0) is 28.2. The average molecular weight is 544 g/mol. The molecule has 1 amide bonds. The Morgan fingerprint density at radius 1 is 0.976 bits per heavy atom. The molecule has 5 aromatic rings. The molecule has 2 aromatic carbocycles. The third-order valence-corrected chi connectivity index (χ3v) is 7.51. The van der Waals surface area contributed by atoms with Gasteiger partial charge in [0.2, 0.25) is 5.91 Å². The van der Waals surface area contributed by atoms with Crippen LogP contribution in [0.2, 0.25) is 0 Å². The number of benzene rings is 2. The molecule has 206 valence electrons. The average Bonchev–Trinajstić information content (AvgIpc) is 3.38. The minimum Gasteiger partial charge on any atom is -0.383 e. The number of hydrogen-bond donors (Lipinski definition) is 2. The fourth-order valence-corrected chi connectivity index (χ4v) is 5.40. The van der Waals surface area contributed by atoms with E-state index in [1.54, 1.807) is 18.3 Å². The lowest BCUT2D eigenvalue weighted by molar-refractivity contribution is -0.117. The standard InChI is InChI=1S/C33H33N7O/c1-2-7-30(41)36-25-17-20-39(21-18-25)22-23-11-13-26(14-12-23)40-32(27-10-6-19-35-31(27)34)38-29-16-15-28(37-33(29)40)24-8-4-3-5-9-24/h2-16,19,25H,17-18,20-22H2,1H3,(H2,34,35)(H,36,41)/b7-2+. The van der Waals surface area contributed by atoms with Crippen LogP contribution in [0, 0.1) is 0 Å². The number of imidazole rings is 1. The molecule has 0 bridgehead atoms. The zero-order valence-electron chi connectivity index (χ0n) is 23.1. The highest BCUT2D eigenvalue weighted by Gasteiger charge is 2.21. The van der Waals surface area contributed by atoms with Crippen molar-refractivity contribution in [2.75, 3.05) is 18.8 Å². The lowest BCUT2D eigenvalue weighted by atomic mass is 10.0. The molecule has 1 fully saturated rings. The summed E-state index contributed by atoms with van der Waals surface area (Å²) in [7, 11) is 0. The third-order valence-electron chi connectivity index (χ3n) is 7.51. The van der Waals surface area contributed by atoms with Gasteiger partial charge in [-0.3, -0.25) is 14.3 Å². The zero-order valence-corrected chi connectivity index (χ0v) is 23.1. The molecule has 6 rings (SSSR count). The van der Waals surface area contributed by atoms with Gasteiger partial charge >= 0.3 is 0 Å². The van der Waals surface area contributed by atoms with E-state index in [4.69, 9.17) is 15.7 Å². The first-order valence-corrected chi connectivity index (χ1v) is 14.0. The lowest BCUT2D eigenvalue weighted by Gasteiger charge is -2.32. The van der Waals surface area contributed by atoms with Crippen LogP contribution in [0.4, 0.5) is 5.82 Å². The van der Waals surface area contributed by atoms with Crippen LogP contribution in [-0.2, 0) is 11.3 Å². The van der Waals surface area contributed by atoms with Gasteiger partial charge < -0.3 is 11.1 Å². The van der Waals surface area contributed by atoms with Gasteiger partial charge in [-0.2, -0.15) is 0 Å². The number of nitrogen functional groups attached to an aromatic ring is 1. The number of fused-ring (bicyclic) bond motifs is 1. The van der Waals surface area contributed by atoms with Crippen molar-refractivity contribution < 1.29 is 4.79 Å². The Kier molecular flexibility index (Phi) is 7.56. The number of rotatable bonds is 7. The first kappa shape index (κ1) is 26.4. The third kappa shape index (κ3) is 5.73. The van der Waals surface area contributed by atoms with Gasteiger partial charge in [-0.05, 0) is 67.8 Å². The summed E-state index contributed by atoms with van der Waals surface area (Å²) in [4.78, 5) is 28.6. The number of hydrogen-bond acceptors (Lipinski definition) is 6. The number of allylic oxidation sites excluding steroid dienone is 1. The molecule has 41 heavy (non-hydrogen) atoms. The Hall–Kier alpha value is -4.82. The summed E-state index contributed by atoms with van der Waals surface area (Å²) < 4.78 is 2.07. The van der Waals surface area contributed by atoms with Crippen molar-refractivity contribution in [2.24, 2.45) is 0 Å². The number of piperidine rings is 1. The van der Waals surface area contributed by atoms with E-state index in [0.717, 1.165) is 66.1 Å². The minimum atomic E-state index is -0.00801. The molecule has 0 unspecified atom stereocenters. The van der Waals surface area contributed by atoms with Crippen LogP contribution in [0.25, 0.3) is 39.5 Å². The molecule has 1 aliphatic heterocycles. The van der Waals surface area contributed by atoms with Gasteiger partial charge in [-0.1, -0.05) is 48.5 Å². The number of carbonyl (C=O) groups is 1. The molecule has 3 N–H and O–H groups in total. The van der Waals surface area contributed by atoms with Crippen LogP contribution in [0.5, 0.6) is 0 Å². The molecule has 0 aliphatic carbocycles. The fourth-order valence-electron chi connectivity index (χ4n) is 5.40. The van der Waals surface area contributed by atoms with Gasteiger partial charge in [-0.25, -0.2) is 15.0 Å². The van der Waals surface area contributed by atoms with E-state index < -0.39 is 0 Å². The largest absolute Gasteiger partial charge is 0.383 e. The van der Waals surface area contributed by atoms with Crippen LogP contribution >= 0.6 is 0 Å². The van der Waals surface area contributed by atoms with Crippen molar-refractivity contribution in [3.05, 3.63) is 103 Å². The highest BCUT2D eigenvalue weighted by atomic mass is 16.1. The van der Waals surface area contributed by atoms with E-state index in [1.165, 1.54) is 5.56 Å². The Morgan fingerprint density at radius 2 is 1.76 bits per heavy atom. The number of pyridine rings is 2. The summed E-state index contributed by atoms with van der Waals surface area (Å²) in [6.07, 6.45) is 6.95. The van der Waals surface area contributed by atoms with Gasteiger partial charge in [0.05, 0.1) is 11.3 Å². The molecule has 0 spiro atoms. The second kappa shape index (κ2) is 11.7. The van der Waals surface area contributed by atoms with Gasteiger partial charge in [-0.15, -0.1) is 0 Å². The van der Waals surface area contributed by atoms with Crippen LogP contribution in [0.1, 0.15) is 25.3 Å². The summed E-state index contributed by atoms with van der Waals surface area (Å²) in [5.41, 5.74) is 12.7. The van der Waals surface area contributed by atoms with E-state index >= 15 is 0 Å². The molecule has 1 aliphatic rings. The summed E-state index contributed by atoms with van der Waals surface area (Å²) in [6.45, 7) is 4.62. The number of aromatic nitrogens is 4.